The molecule has 0 fully saturated rings. The summed E-state index contributed by atoms with van der Waals surface area (Å²) in [5.74, 6) is -0.300. The van der Waals surface area contributed by atoms with Crippen LogP contribution in [0.5, 0.6) is 11.5 Å². The Kier molecular flexibility index (Phi) is 4.90. The lowest BCUT2D eigenvalue weighted by atomic mass is 9.92. The van der Waals surface area contributed by atoms with Crippen molar-refractivity contribution in [2.75, 3.05) is 34.3 Å². The highest BCUT2D eigenvalue weighted by atomic mass is 16.5. The van der Waals surface area contributed by atoms with E-state index >= 15 is 0 Å². The van der Waals surface area contributed by atoms with Crippen LogP contribution in [0.15, 0.2) is 30.3 Å². The molecule has 0 aliphatic carbocycles. The molecule has 2 aromatic carbocycles. The zero-order chi connectivity index (χ0) is 18.0. The second kappa shape index (κ2) is 7.11. The number of methoxy groups -OCH3 is 1. The van der Waals surface area contributed by atoms with E-state index in [1.54, 1.807) is 7.11 Å². The zero-order valence-electron chi connectivity index (χ0n) is 14.7. The number of hydrogen-bond acceptors (Lipinski definition) is 5. The molecule has 1 atom stereocenters. The highest BCUT2D eigenvalue weighted by molar-refractivity contribution is 6.02. The smallest absolute Gasteiger partial charge is 0.324 e. The van der Waals surface area contributed by atoms with Crippen LogP contribution < -0.4 is 14.8 Å². The first-order valence-corrected chi connectivity index (χ1v) is 8.23. The number of fused-ring (bicyclic) bond motifs is 3. The van der Waals surface area contributed by atoms with Crippen molar-refractivity contribution in [1.29, 1.82) is 0 Å². The van der Waals surface area contributed by atoms with Gasteiger partial charge in [0.05, 0.1) is 7.11 Å². The van der Waals surface area contributed by atoms with E-state index in [0.29, 0.717) is 18.7 Å². The van der Waals surface area contributed by atoms with Gasteiger partial charge in [-0.25, -0.2) is 0 Å². The molecule has 0 aromatic heterocycles. The molecule has 0 saturated carbocycles. The summed E-state index contributed by atoms with van der Waals surface area (Å²) in [6.45, 7) is 1.22. The highest BCUT2D eigenvalue weighted by Gasteiger charge is 2.34. The largest absolute Gasteiger partial charge is 0.497 e. The van der Waals surface area contributed by atoms with Crippen LogP contribution in [0, 0.1) is 5.92 Å². The minimum absolute atomic E-state index is 0.285. The number of carbonyl (C=O) groups excluding carboxylic acids is 2. The van der Waals surface area contributed by atoms with Gasteiger partial charge in [-0.3, -0.25) is 9.59 Å². The Bertz CT molecular complexity index is 816. The van der Waals surface area contributed by atoms with Crippen LogP contribution in [-0.2, 0) is 16.0 Å². The van der Waals surface area contributed by atoms with Crippen LogP contribution in [0.4, 0.5) is 0 Å². The van der Waals surface area contributed by atoms with Gasteiger partial charge >= 0.3 is 5.97 Å². The molecule has 2 aromatic rings. The number of benzene rings is 2. The van der Waals surface area contributed by atoms with Gasteiger partial charge < -0.3 is 19.7 Å². The lowest BCUT2D eigenvalue weighted by molar-refractivity contribution is -0.145. The maximum absolute atomic E-state index is 12.3. The topological polar surface area (TPSA) is 67.9 Å². The predicted octanol–water partition coefficient (Wildman–Crippen LogP) is 1.60. The number of carbonyl (C=O) groups is 2. The summed E-state index contributed by atoms with van der Waals surface area (Å²) < 4.78 is 10.8. The fourth-order valence-corrected chi connectivity index (χ4v) is 2.93. The van der Waals surface area contributed by atoms with E-state index in [4.69, 9.17) is 9.47 Å². The zero-order valence-corrected chi connectivity index (χ0v) is 14.7. The summed E-state index contributed by atoms with van der Waals surface area (Å²) in [6.07, 6.45) is 0.351. The van der Waals surface area contributed by atoms with Crippen LogP contribution in [0.1, 0.15) is 5.56 Å². The van der Waals surface area contributed by atoms with Crippen molar-refractivity contribution in [2.24, 2.45) is 5.92 Å². The predicted molar refractivity (Wildman–Crippen MR) is 94.9 cm³/mol. The lowest BCUT2D eigenvalue weighted by Crippen LogP contribution is -2.42. The number of esters is 1. The molecule has 6 heteroatoms. The normalized spacial score (nSPS) is 16.5. The number of hydrogen-bond donors (Lipinski definition) is 1. The standard InChI is InChI=1S/C19H22N2O4/c1-21(2)9-8-20-18(22)16-11-13-5-4-12-10-14(24-3)6-7-15(12)17(13)25-19(16)23/h4-7,10,16H,8-9,11H2,1-3H3,(H,20,22). The van der Waals surface area contributed by atoms with E-state index in [2.05, 4.69) is 5.32 Å². The van der Waals surface area contributed by atoms with Gasteiger partial charge in [-0.2, -0.15) is 0 Å². The van der Waals surface area contributed by atoms with E-state index in [0.717, 1.165) is 28.6 Å². The third kappa shape index (κ3) is 3.58. The first-order chi connectivity index (χ1) is 12.0. The van der Waals surface area contributed by atoms with E-state index < -0.39 is 11.9 Å². The molecule has 0 saturated heterocycles. The second-order valence-electron chi connectivity index (χ2n) is 6.41. The Hall–Kier alpha value is -2.60. The Balaban J connectivity index is 1.82. The monoisotopic (exact) mass is 342 g/mol. The summed E-state index contributed by atoms with van der Waals surface area (Å²) in [4.78, 5) is 26.6. The molecule has 1 aliphatic rings. The molecule has 25 heavy (non-hydrogen) atoms. The van der Waals surface area contributed by atoms with E-state index in [9.17, 15) is 9.59 Å². The van der Waals surface area contributed by atoms with Gasteiger partial charge in [-0.1, -0.05) is 12.1 Å². The number of ether oxygens (including phenoxy) is 2. The second-order valence-corrected chi connectivity index (χ2v) is 6.41. The van der Waals surface area contributed by atoms with Crippen molar-refractivity contribution < 1.29 is 19.1 Å². The van der Waals surface area contributed by atoms with Gasteiger partial charge in [0.25, 0.3) is 0 Å². The number of amides is 1. The molecule has 6 nitrogen and oxygen atoms in total. The average Bonchev–Trinajstić information content (AvgIpc) is 2.60. The summed E-state index contributed by atoms with van der Waals surface area (Å²) in [7, 11) is 5.47. The minimum Gasteiger partial charge on any atom is -0.497 e. The van der Waals surface area contributed by atoms with Gasteiger partial charge in [-0.15, -0.1) is 0 Å². The fraction of sp³-hybridized carbons (Fsp3) is 0.368. The Morgan fingerprint density at radius 3 is 2.84 bits per heavy atom. The molecule has 1 unspecified atom stereocenters. The first-order valence-electron chi connectivity index (χ1n) is 8.23. The molecule has 0 bridgehead atoms. The van der Waals surface area contributed by atoms with Gasteiger partial charge in [-0.05, 0) is 49.7 Å². The van der Waals surface area contributed by atoms with E-state index in [1.165, 1.54) is 0 Å². The molecule has 1 heterocycles. The van der Waals surface area contributed by atoms with Gasteiger partial charge in [0, 0.05) is 18.5 Å². The van der Waals surface area contributed by atoms with Crippen LogP contribution in [0.2, 0.25) is 0 Å². The molecule has 1 aliphatic heterocycles. The maximum atomic E-state index is 12.3. The molecular formula is C19H22N2O4. The van der Waals surface area contributed by atoms with Crippen molar-refractivity contribution in [3.05, 3.63) is 35.9 Å². The fourth-order valence-electron chi connectivity index (χ4n) is 2.93. The Morgan fingerprint density at radius 1 is 1.32 bits per heavy atom. The first kappa shape index (κ1) is 17.2. The van der Waals surface area contributed by atoms with Crippen molar-refractivity contribution in [3.8, 4) is 11.5 Å². The number of nitrogens with zero attached hydrogens (tertiary/aromatic N) is 1. The molecule has 3 rings (SSSR count). The lowest BCUT2D eigenvalue weighted by Gasteiger charge is -2.24. The van der Waals surface area contributed by atoms with Crippen LogP contribution >= 0.6 is 0 Å². The van der Waals surface area contributed by atoms with Crippen LogP contribution in [0.3, 0.4) is 0 Å². The molecule has 1 N–H and O–H groups in total. The van der Waals surface area contributed by atoms with Crippen LogP contribution in [-0.4, -0.2) is 51.1 Å². The van der Waals surface area contributed by atoms with Gasteiger partial charge in [0.2, 0.25) is 5.91 Å². The maximum Gasteiger partial charge on any atom is 0.324 e. The molecule has 0 radical (unpaired) electrons. The van der Waals surface area contributed by atoms with Crippen molar-refractivity contribution in [1.82, 2.24) is 10.2 Å². The number of likely N-dealkylation sites (N-methyl/N-ethyl adjacent to an activating group) is 1. The number of nitrogens with one attached hydrogen (secondary N) is 1. The van der Waals surface area contributed by atoms with Gasteiger partial charge in [0.15, 0.2) is 0 Å². The summed E-state index contributed by atoms with van der Waals surface area (Å²) in [6, 6.07) is 9.46. The molecule has 132 valence electrons. The van der Waals surface area contributed by atoms with E-state index in [1.807, 2.05) is 49.3 Å². The summed E-state index contributed by atoms with van der Waals surface area (Å²) >= 11 is 0. The van der Waals surface area contributed by atoms with Gasteiger partial charge in [0.1, 0.15) is 17.4 Å². The quantitative estimate of drug-likeness (QED) is 0.508. The molecule has 1 amide bonds. The Labute approximate surface area is 146 Å². The summed E-state index contributed by atoms with van der Waals surface area (Å²) in [5.41, 5.74) is 0.866. The third-order valence-electron chi connectivity index (χ3n) is 4.35. The van der Waals surface area contributed by atoms with Crippen molar-refractivity contribution in [3.63, 3.8) is 0 Å². The minimum atomic E-state index is -0.801. The van der Waals surface area contributed by atoms with E-state index in [-0.39, 0.29) is 5.91 Å². The SMILES string of the molecule is COc1ccc2c3c(ccc2c1)CC(C(=O)NCCN(C)C)C(=O)O3. The summed E-state index contributed by atoms with van der Waals surface area (Å²) in [5, 5.41) is 4.58. The van der Waals surface area contributed by atoms with Crippen molar-refractivity contribution in [2.45, 2.75) is 6.42 Å². The third-order valence-corrected chi connectivity index (χ3v) is 4.35. The van der Waals surface area contributed by atoms with Crippen molar-refractivity contribution >= 4 is 22.6 Å². The average molecular weight is 342 g/mol. The molecular weight excluding hydrogens is 320 g/mol. The highest BCUT2D eigenvalue weighted by Crippen LogP contribution is 2.36. The van der Waals surface area contributed by atoms with Crippen LogP contribution in [0.25, 0.3) is 10.8 Å². The number of rotatable bonds is 5. The molecule has 0 spiro atoms. The Morgan fingerprint density at radius 2 is 2.12 bits per heavy atom.